The molecule has 4 heteroatoms. The SMILES string of the molecule is CCCNCc1cc(C)ccc1N(CCC)CC(=O)NC. The number of rotatable bonds is 9. The van der Waals surface area contributed by atoms with Crippen molar-refractivity contribution in [1.29, 1.82) is 0 Å². The molecule has 0 unspecified atom stereocenters. The van der Waals surface area contributed by atoms with Crippen molar-refractivity contribution in [3.63, 3.8) is 0 Å². The Hall–Kier alpha value is -1.55. The van der Waals surface area contributed by atoms with Crippen LogP contribution in [0.3, 0.4) is 0 Å². The lowest BCUT2D eigenvalue weighted by Gasteiger charge is -2.26. The van der Waals surface area contributed by atoms with Crippen molar-refractivity contribution in [2.45, 2.75) is 40.2 Å². The first-order valence-corrected chi connectivity index (χ1v) is 7.88. The first-order valence-electron chi connectivity index (χ1n) is 7.88. The van der Waals surface area contributed by atoms with Gasteiger partial charge in [0, 0.05) is 25.8 Å². The van der Waals surface area contributed by atoms with Crippen molar-refractivity contribution in [1.82, 2.24) is 10.6 Å². The number of likely N-dealkylation sites (N-methyl/N-ethyl adjacent to an activating group) is 1. The topological polar surface area (TPSA) is 44.4 Å². The van der Waals surface area contributed by atoms with Crippen molar-refractivity contribution in [2.75, 3.05) is 31.6 Å². The molecule has 0 aromatic heterocycles. The van der Waals surface area contributed by atoms with Gasteiger partial charge in [0.1, 0.15) is 0 Å². The van der Waals surface area contributed by atoms with Gasteiger partial charge in [-0.3, -0.25) is 4.79 Å². The Balaban J connectivity index is 2.96. The number of nitrogens with one attached hydrogen (secondary N) is 2. The van der Waals surface area contributed by atoms with E-state index in [2.05, 4.69) is 54.5 Å². The number of benzene rings is 1. The molecule has 0 spiro atoms. The van der Waals surface area contributed by atoms with Gasteiger partial charge in [-0.05, 0) is 37.9 Å². The summed E-state index contributed by atoms with van der Waals surface area (Å²) < 4.78 is 0. The fraction of sp³-hybridized carbons (Fsp3) is 0.588. The van der Waals surface area contributed by atoms with E-state index in [9.17, 15) is 4.79 Å². The second-order valence-corrected chi connectivity index (χ2v) is 5.40. The van der Waals surface area contributed by atoms with Crippen LogP contribution < -0.4 is 15.5 Å². The lowest BCUT2D eigenvalue weighted by atomic mass is 10.1. The van der Waals surface area contributed by atoms with Gasteiger partial charge < -0.3 is 15.5 Å². The van der Waals surface area contributed by atoms with Gasteiger partial charge in [-0.2, -0.15) is 0 Å². The molecule has 0 fully saturated rings. The minimum absolute atomic E-state index is 0.0523. The molecule has 1 aromatic rings. The van der Waals surface area contributed by atoms with Crippen LogP contribution >= 0.6 is 0 Å². The summed E-state index contributed by atoms with van der Waals surface area (Å²) in [6.45, 7) is 9.57. The van der Waals surface area contributed by atoms with Gasteiger partial charge in [-0.25, -0.2) is 0 Å². The van der Waals surface area contributed by atoms with Crippen LogP contribution in [0.2, 0.25) is 0 Å². The molecule has 0 saturated heterocycles. The smallest absolute Gasteiger partial charge is 0.239 e. The minimum Gasteiger partial charge on any atom is -0.362 e. The van der Waals surface area contributed by atoms with Crippen LogP contribution in [0.15, 0.2) is 18.2 Å². The van der Waals surface area contributed by atoms with Crippen LogP contribution in [0, 0.1) is 6.92 Å². The first-order chi connectivity index (χ1) is 10.1. The van der Waals surface area contributed by atoms with E-state index < -0.39 is 0 Å². The molecule has 1 rings (SSSR count). The highest BCUT2D eigenvalue weighted by Gasteiger charge is 2.13. The summed E-state index contributed by atoms with van der Waals surface area (Å²) in [5, 5.41) is 6.17. The maximum absolute atomic E-state index is 11.7. The van der Waals surface area contributed by atoms with E-state index >= 15 is 0 Å². The van der Waals surface area contributed by atoms with E-state index in [1.54, 1.807) is 7.05 Å². The largest absolute Gasteiger partial charge is 0.362 e. The van der Waals surface area contributed by atoms with Crippen molar-refractivity contribution in [2.24, 2.45) is 0 Å². The summed E-state index contributed by atoms with van der Waals surface area (Å²) in [6, 6.07) is 6.46. The summed E-state index contributed by atoms with van der Waals surface area (Å²) in [6.07, 6.45) is 2.14. The molecule has 21 heavy (non-hydrogen) atoms. The Labute approximate surface area is 128 Å². The van der Waals surface area contributed by atoms with E-state index in [0.29, 0.717) is 6.54 Å². The predicted molar refractivity (Wildman–Crippen MR) is 89.7 cm³/mol. The van der Waals surface area contributed by atoms with Crippen molar-refractivity contribution in [3.05, 3.63) is 29.3 Å². The molecule has 0 atom stereocenters. The molecule has 118 valence electrons. The molecule has 0 aliphatic heterocycles. The van der Waals surface area contributed by atoms with Gasteiger partial charge in [-0.1, -0.05) is 31.5 Å². The van der Waals surface area contributed by atoms with E-state index in [1.165, 1.54) is 11.1 Å². The summed E-state index contributed by atoms with van der Waals surface area (Å²) in [4.78, 5) is 13.9. The fourth-order valence-electron chi connectivity index (χ4n) is 2.37. The van der Waals surface area contributed by atoms with Crippen LogP contribution in [0.5, 0.6) is 0 Å². The zero-order valence-corrected chi connectivity index (χ0v) is 13.8. The van der Waals surface area contributed by atoms with E-state index in [0.717, 1.165) is 38.2 Å². The number of amides is 1. The zero-order chi connectivity index (χ0) is 15.7. The highest BCUT2D eigenvalue weighted by Crippen LogP contribution is 2.22. The number of aryl methyl sites for hydroxylation is 1. The van der Waals surface area contributed by atoms with E-state index in [1.807, 2.05) is 0 Å². The van der Waals surface area contributed by atoms with E-state index in [-0.39, 0.29) is 5.91 Å². The van der Waals surface area contributed by atoms with Crippen LogP contribution in [0.1, 0.15) is 37.8 Å². The summed E-state index contributed by atoms with van der Waals surface area (Å²) >= 11 is 0. The van der Waals surface area contributed by atoms with Crippen LogP contribution in [-0.4, -0.2) is 32.6 Å². The third kappa shape index (κ3) is 5.76. The maximum Gasteiger partial charge on any atom is 0.239 e. The van der Waals surface area contributed by atoms with Crippen LogP contribution in [0.25, 0.3) is 0 Å². The minimum atomic E-state index is 0.0523. The van der Waals surface area contributed by atoms with Gasteiger partial charge in [0.2, 0.25) is 5.91 Å². The molecule has 0 bridgehead atoms. The van der Waals surface area contributed by atoms with Crippen LogP contribution in [0.4, 0.5) is 5.69 Å². The fourth-order valence-corrected chi connectivity index (χ4v) is 2.37. The standard InChI is InChI=1S/C17H29N3O/c1-5-9-19-12-15-11-14(3)7-8-16(15)20(10-6-2)13-17(21)18-4/h7-8,11,19H,5-6,9-10,12-13H2,1-4H3,(H,18,21). The summed E-state index contributed by atoms with van der Waals surface area (Å²) in [5.41, 5.74) is 3.68. The Kier molecular flexibility index (Phi) is 7.83. The number of nitrogens with zero attached hydrogens (tertiary/aromatic N) is 1. The number of anilines is 1. The molecule has 0 heterocycles. The number of carbonyl (C=O) groups is 1. The highest BCUT2D eigenvalue weighted by molar-refractivity contribution is 5.81. The zero-order valence-electron chi connectivity index (χ0n) is 13.8. The van der Waals surface area contributed by atoms with Gasteiger partial charge in [0.05, 0.1) is 6.54 Å². The molecule has 0 aliphatic carbocycles. The van der Waals surface area contributed by atoms with Crippen molar-refractivity contribution < 1.29 is 4.79 Å². The first kappa shape index (κ1) is 17.5. The molecular formula is C17H29N3O. The quantitative estimate of drug-likeness (QED) is 0.687. The Morgan fingerprint density at radius 1 is 1.24 bits per heavy atom. The lowest BCUT2D eigenvalue weighted by Crippen LogP contribution is -2.37. The molecule has 1 aromatic carbocycles. The Bertz CT molecular complexity index is 446. The molecule has 0 radical (unpaired) electrons. The van der Waals surface area contributed by atoms with Crippen LogP contribution in [-0.2, 0) is 11.3 Å². The van der Waals surface area contributed by atoms with Gasteiger partial charge in [-0.15, -0.1) is 0 Å². The molecule has 0 aliphatic rings. The highest BCUT2D eigenvalue weighted by atomic mass is 16.1. The monoisotopic (exact) mass is 291 g/mol. The number of hydrogen-bond acceptors (Lipinski definition) is 3. The van der Waals surface area contributed by atoms with Gasteiger partial charge in [0.15, 0.2) is 0 Å². The number of hydrogen-bond donors (Lipinski definition) is 2. The molecule has 4 nitrogen and oxygen atoms in total. The van der Waals surface area contributed by atoms with Gasteiger partial charge >= 0.3 is 0 Å². The molecule has 0 saturated carbocycles. The maximum atomic E-state index is 11.7. The molecule has 2 N–H and O–H groups in total. The third-order valence-electron chi connectivity index (χ3n) is 3.42. The average Bonchev–Trinajstić information content (AvgIpc) is 2.47. The molecule has 1 amide bonds. The van der Waals surface area contributed by atoms with Crippen molar-refractivity contribution in [3.8, 4) is 0 Å². The second kappa shape index (κ2) is 9.40. The average molecular weight is 291 g/mol. The van der Waals surface area contributed by atoms with E-state index in [4.69, 9.17) is 0 Å². The second-order valence-electron chi connectivity index (χ2n) is 5.40. The Morgan fingerprint density at radius 2 is 2.00 bits per heavy atom. The summed E-state index contributed by atoms with van der Waals surface area (Å²) in [7, 11) is 1.69. The summed E-state index contributed by atoms with van der Waals surface area (Å²) in [5.74, 6) is 0.0523. The predicted octanol–water partition coefficient (Wildman–Crippen LogP) is 2.46. The molecular weight excluding hydrogens is 262 g/mol. The lowest BCUT2D eigenvalue weighted by molar-refractivity contribution is -0.119. The van der Waals surface area contributed by atoms with Gasteiger partial charge in [0.25, 0.3) is 0 Å². The van der Waals surface area contributed by atoms with Crippen molar-refractivity contribution >= 4 is 11.6 Å². The normalized spacial score (nSPS) is 10.5. The third-order valence-corrected chi connectivity index (χ3v) is 3.42. The Morgan fingerprint density at radius 3 is 2.62 bits per heavy atom. The number of carbonyl (C=O) groups excluding carboxylic acids is 1.